The average molecular weight is 344 g/mol. The minimum atomic E-state index is -0.492. The Hall–Kier alpha value is -2.21. The predicted molar refractivity (Wildman–Crippen MR) is 95.5 cm³/mol. The topological polar surface area (TPSA) is 49.9 Å². The van der Waals surface area contributed by atoms with Gasteiger partial charge in [0.25, 0.3) is 0 Å². The number of rotatable bonds is 3. The number of carbonyl (C=O) groups excluding carboxylic acids is 2. The Bertz CT molecular complexity index is 745. The summed E-state index contributed by atoms with van der Waals surface area (Å²) in [7, 11) is 1.62. The monoisotopic (exact) mass is 344 g/mol. The van der Waals surface area contributed by atoms with Gasteiger partial charge in [-0.3, -0.25) is 9.10 Å². The third kappa shape index (κ3) is 3.82. The maximum absolute atomic E-state index is 12.4. The molecule has 24 heavy (non-hydrogen) atoms. The molecule has 0 saturated carbocycles. The SMILES string of the molecule is CN(SN1CCCCCC1=O)C(=O)Oc1cccc2ccccc12. The van der Waals surface area contributed by atoms with Crippen molar-refractivity contribution in [3.8, 4) is 5.75 Å². The van der Waals surface area contributed by atoms with Gasteiger partial charge in [-0.1, -0.05) is 42.8 Å². The molecule has 1 fully saturated rings. The lowest BCUT2D eigenvalue weighted by Gasteiger charge is -2.24. The van der Waals surface area contributed by atoms with Crippen molar-refractivity contribution in [2.75, 3.05) is 13.6 Å². The zero-order valence-electron chi connectivity index (χ0n) is 13.6. The van der Waals surface area contributed by atoms with Gasteiger partial charge in [0.05, 0.1) is 12.1 Å². The number of benzene rings is 2. The van der Waals surface area contributed by atoms with Crippen LogP contribution in [0.3, 0.4) is 0 Å². The highest BCUT2D eigenvalue weighted by molar-refractivity contribution is 7.95. The van der Waals surface area contributed by atoms with E-state index in [9.17, 15) is 9.59 Å². The molecule has 1 aliphatic heterocycles. The summed E-state index contributed by atoms with van der Waals surface area (Å²) >= 11 is 1.12. The van der Waals surface area contributed by atoms with Crippen LogP contribution >= 0.6 is 12.1 Å². The first-order valence-electron chi connectivity index (χ1n) is 8.07. The summed E-state index contributed by atoms with van der Waals surface area (Å²) in [6, 6.07) is 13.4. The van der Waals surface area contributed by atoms with E-state index in [4.69, 9.17) is 4.74 Å². The number of fused-ring (bicyclic) bond motifs is 1. The molecule has 0 bridgehead atoms. The van der Waals surface area contributed by atoms with Crippen molar-refractivity contribution < 1.29 is 14.3 Å². The number of nitrogens with zero attached hydrogens (tertiary/aromatic N) is 2. The molecule has 0 spiro atoms. The molecule has 6 heteroatoms. The molecule has 2 aromatic rings. The van der Waals surface area contributed by atoms with E-state index in [1.165, 1.54) is 4.31 Å². The van der Waals surface area contributed by atoms with Crippen LogP contribution in [-0.2, 0) is 4.79 Å². The summed E-state index contributed by atoms with van der Waals surface area (Å²) in [4.78, 5) is 24.4. The summed E-state index contributed by atoms with van der Waals surface area (Å²) in [6.45, 7) is 0.662. The van der Waals surface area contributed by atoms with Crippen LogP contribution < -0.4 is 4.74 Å². The third-order valence-corrected chi connectivity index (χ3v) is 4.93. The van der Waals surface area contributed by atoms with E-state index < -0.39 is 6.09 Å². The van der Waals surface area contributed by atoms with Crippen LogP contribution in [0, 0.1) is 0 Å². The van der Waals surface area contributed by atoms with Crippen molar-refractivity contribution >= 4 is 34.9 Å². The lowest BCUT2D eigenvalue weighted by molar-refractivity contribution is -0.125. The number of ether oxygens (including phenoxy) is 1. The number of hydrogen-bond acceptors (Lipinski definition) is 4. The van der Waals surface area contributed by atoms with Gasteiger partial charge in [-0.15, -0.1) is 0 Å². The van der Waals surface area contributed by atoms with Gasteiger partial charge in [-0.05, 0) is 24.3 Å². The van der Waals surface area contributed by atoms with Crippen molar-refractivity contribution in [3.05, 3.63) is 42.5 Å². The second-order valence-electron chi connectivity index (χ2n) is 5.73. The Kier molecular flexibility index (Phi) is 5.25. The normalized spacial score (nSPS) is 15.2. The van der Waals surface area contributed by atoms with E-state index in [0.717, 1.165) is 42.2 Å². The van der Waals surface area contributed by atoms with Gasteiger partial charge >= 0.3 is 6.09 Å². The molecule has 126 valence electrons. The van der Waals surface area contributed by atoms with Crippen LogP contribution in [0.4, 0.5) is 4.79 Å². The highest BCUT2D eigenvalue weighted by atomic mass is 32.2. The summed E-state index contributed by atoms with van der Waals surface area (Å²) in [5, 5.41) is 1.90. The molecule has 0 atom stereocenters. The van der Waals surface area contributed by atoms with Gasteiger partial charge in [0, 0.05) is 25.4 Å². The average Bonchev–Trinajstić information content (AvgIpc) is 2.80. The minimum absolute atomic E-state index is 0.0716. The standard InChI is InChI=1S/C18H20N2O3S/c1-19(24-20-13-6-2-3-12-17(20)21)18(22)23-16-11-7-9-14-8-4-5-10-15(14)16/h4-5,7-11H,2-3,6,12-13H2,1H3. The van der Waals surface area contributed by atoms with E-state index in [0.29, 0.717) is 18.7 Å². The highest BCUT2D eigenvalue weighted by Gasteiger charge is 2.22. The first-order chi connectivity index (χ1) is 11.6. The molecule has 0 aliphatic carbocycles. The molecule has 3 rings (SSSR count). The van der Waals surface area contributed by atoms with Crippen LogP contribution in [0.5, 0.6) is 5.75 Å². The Balaban J connectivity index is 1.68. The van der Waals surface area contributed by atoms with Crippen molar-refractivity contribution in [2.24, 2.45) is 0 Å². The molecule has 0 aromatic heterocycles. The Morgan fingerprint density at radius 1 is 1.12 bits per heavy atom. The number of carbonyl (C=O) groups is 2. The third-order valence-electron chi connectivity index (χ3n) is 3.96. The molecule has 1 saturated heterocycles. The van der Waals surface area contributed by atoms with Crippen molar-refractivity contribution in [2.45, 2.75) is 25.7 Å². The lowest BCUT2D eigenvalue weighted by atomic mass is 10.1. The van der Waals surface area contributed by atoms with Crippen LogP contribution in [-0.4, -0.2) is 34.2 Å². The molecular weight excluding hydrogens is 324 g/mol. The Labute approximate surface area is 145 Å². The maximum Gasteiger partial charge on any atom is 0.426 e. The lowest BCUT2D eigenvalue weighted by Crippen LogP contribution is -2.32. The maximum atomic E-state index is 12.4. The number of amides is 2. The zero-order chi connectivity index (χ0) is 16.9. The first kappa shape index (κ1) is 16.6. The van der Waals surface area contributed by atoms with Gasteiger partial charge in [0.15, 0.2) is 0 Å². The molecule has 0 N–H and O–H groups in total. The van der Waals surface area contributed by atoms with Crippen molar-refractivity contribution in [3.63, 3.8) is 0 Å². The fourth-order valence-electron chi connectivity index (χ4n) is 2.67. The molecular formula is C18H20N2O3S. The summed E-state index contributed by atoms with van der Waals surface area (Å²) in [5.74, 6) is 0.593. The molecule has 1 aliphatic rings. The molecule has 0 radical (unpaired) electrons. The minimum Gasteiger partial charge on any atom is -0.409 e. The second kappa shape index (κ2) is 7.57. The van der Waals surface area contributed by atoms with Crippen molar-refractivity contribution in [1.29, 1.82) is 0 Å². The first-order valence-corrected chi connectivity index (χ1v) is 8.80. The molecule has 2 amide bonds. The second-order valence-corrected chi connectivity index (χ2v) is 6.88. The summed E-state index contributed by atoms with van der Waals surface area (Å²) in [5.41, 5.74) is 0. The van der Waals surface area contributed by atoms with Gasteiger partial charge in [0.2, 0.25) is 5.91 Å². The Morgan fingerprint density at radius 2 is 1.92 bits per heavy atom. The molecule has 0 unspecified atom stereocenters. The van der Waals surface area contributed by atoms with Gasteiger partial charge in [-0.25, -0.2) is 9.10 Å². The van der Waals surface area contributed by atoms with E-state index in [-0.39, 0.29) is 5.91 Å². The number of hydrogen-bond donors (Lipinski definition) is 0. The predicted octanol–water partition coefficient (Wildman–Crippen LogP) is 4.24. The fraction of sp³-hybridized carbons (Fsp3) is 0.333. The van der Waals surface area contributed by atoms with E-state index in [2.05, 4.69) is 0 Å². The van der Waals surface area contributed by atoms with E-state index >= 15 is 0 Å². The van der Waals surface area contributed by atoms with Crippen LogP contribution in [0.1, 0.15) is 25.7 Å². The van der Waals surface area contributed by atoms with Crippen LogP contribution in [0.2, 0.25) is 0 Å². The van der Waals surface area contributed by atoms with E-state index in [1.54, 1.807) is 17.4 Å². The van der Waals surface area contributed by atoms with E-state index in [1.807, 2.05) is 36.4 Å². The Morgan fingerprint density at radius 3 is 2.79 bits per heavy atom. The summed E-state index contributed by atoms with van der Waals surface area (Å²) in [6.07, 6.45) is 2.98. The smallest absolute Gasteiger partial charge is 0.409 e. The summed E-state index contributed by atoms with van der Waals surface area (Å²) < 4.78 is 8.54. The van der Waals surface area contributed by atoms with Gasteiger partial charge in [0.1, 0.15) is 5.75 Å². The fourth-order valence-corrected chi connectivity index (χ4v) is 3.46. The molecule has 5 nitrogen and oxygen atoms in total. The van der Waals surface area contributed by atoms with Crippen LogP contribution in [0.25, 0.3) is 10.8 Å². The quantitative estimate of drug-likeness (QED) is 0.782. The molecule has 2 aromatic carbocycles. The highest BCUT2D eigenvalue weighted by Crippen LogP contribution is 2.27. The van der Waals surface area contributed by atoms with Gasteiger partial charge < -0.3 is 4.74 Å². The zero-order valence-corrected chi connectivity index (χ0v) is 14.4. The largest absolute Gasteiger partial charge is 0.426 e. The van der Waals surface area contributed by atoms with Crippen molar-refractivity contribution in [1.82, 2.24) is 8.61 Å². The molecule has 1 heterocycles. The van der Waals surface area contributed by atoms with Crippen LogP contribution in [0.15, 0.2) is 42.5 Å². The van der Waals surface area contributed by atoms with Gasteiger partial charge in [-0.2, -0.15) is 0 Å².